The van der Waals surface area contributed by atoms with Gasteiger partial charge in [0, 0.05) is 22.2 Å². The molecule has 21 heavy (non-hydrogen) atoms. The van der Waals surface area contributed by atoms with Gasteiger partial charge in [-0.1, -0.05) is 48.5 Å². The van der Waals surface area contributed by atoms with Crippen LogP contribution in [-0.2, 0) is 16.0 Å². The first-order valence-corrected chi connectivity index (χ1v) is 7.10. The van der Waals surface area contributed by atoms with Crippen LogP contribution in [0.3, 0.4) is 0 Å². The van der Waals surface area contributed by atoms with Crippen molar-refractivity contribution in [3.63, 3.8) is 0 Å². The average molecular weight is 279 g/mol. The smallest absolute Gasteiger partial charge is 0.311 e. The van der Waals surface area contributed by atoms with Gasteiger partial charge in [0.2, 0.25) is 0 Å². The van der Waals surface area contributed by atoms with Gasteiger partial charge in [-0.05, 0) is 18.6 Å². The Labute approximate surface area is 123 Å². The highest BCUT2D eigenvalue weighted by molar-refractivity contribution is 5.98. The summed E-state index contributed by atoms with van der Waals surface area (Å²) >= 11 is 0. The summed E-state index contributed by atoms with van der Waals surface area (Å²) in [7, 11) is 0. The number of rotatable bonds is 4. The summed E-state index contributed by atoms with van der Waals surface area (Å²) in [6.45, 7) is 2.22. The topological polar surface area (TPSA) is 42.1 Å². The van der Waals surface area contributed by atoms with Crippen molar-refractivity contribution < 1.29 is 9.53 Å². The number of ether oxygens (including phenoxy) is 1. The first kappa shape index (κ1) is 13.4. The summed E-state index contributed by atoms with van der Waals surface area (Å²) < 4.78 is 5.07. The standard InChI is InChI=1S/C18H17NO2/c1-2-21-17(20)12-16-18(13-8-4-3-5-9-13)14-10-6-7-11-15(14)19-16/h3-11,19H,2,12H2,1H3. The van der Waals surface area contributed by atoms with Crippen molar-refractivity contribution in [2.24, 2.45) is 0 Å². The fraction of sp³-hybridized carbons (Fsp3) is 0.167. The molecule has 0 atom stereocenters. The Bertz CT molecular complexity index is 759. The van der Waals surface area contributed by atoms with Crippen LogP contribution in [0.5, 0.6) is 0 Å². The lowest BCUT2D eigenvalue weighted by molar-refractivity contribution is -0.142. The zero-order valence-electron chi connectivity index (χ0n) is 11.9. The maximum absolute atomic E-state index is 11.8. The predicted octanol–water partition coefficient (Wildman–Crippen LogP) is 3.94. The van der Waals surface area contributed by atoms with Gasteiger partial charge in [-0.25, -0.2) is 0 Å². The van der Waals surface area contributed by atoms with E-state index in [0.717, 1.165) is 27.7 Å². The lowest BCUT2D eigenvalue weighted by Gasteiger charge is -2.05. The Hall–Kier alpha value is -2.55. The van der Waals surface area contributed by atoms with E-state index in [0.29, 0.717) is 6.61 Å². The van der Waals surface area contributed by atoms with E-state index < -0.39 is 0 Å². The third kappa shape index (κ3) is 2.68. The van der Waals surface area contributed by atoms with Crippen LogP contribution in [0.15, 0.2) is 54.6 Å². The number of esters is 1. The molecule has 3 heteroatoms. The number of aromatic amines is 1. The van der Waals surface area contributed by atoms with Gasteiger partial charge in [-0.3, -0.25) is 4.79 Å². The second kappa shape index (κ2) is 5.83. The number of hydrogen-bond donors (Lipinski definition) is 1. The van der Waals surface area contributed by atoms with E-state index in [2.05, 4.69) is 23.2 Å². The summed E-state index contributed by atoms with van der Waals surface area (Å²) in [5, 5.41) is 1.13. The molecular formula is C18H17NO2. The molecule has 0 spiro atoms. The SMILES string of the molecule is CCOC(=O)Cc1[nH]c2ccccc2c1-c1ccccc1. The fourth-order valence-corrected chi connectivity index (χ4v) is 2.62. The van der Waals surface area contributed by atoms with Crippen molar-refractivity contribution in [3.05, 3.63) is 60.3 Å². The molecule has 3 nitrogen and oxygen atoms in total. The Kier molecular flexibility index (Phi) is 3.73. The third-order valence-electron chi connectivity index (χ3n) is 3.47. The summed E-state index contributed by atoms with van der Waals surface area (Å²) in [6, 6.07) is 18.2. The summed E-state index contributed by atoms with van der Waals surface area (Å²) in [4.78, 5) is 15.2. The van der Waals surface area contributed by atoms with Gasteiger partial charge in [0.25, 0.3) is 0 Å². The molecule has 0 bridgehead atoms. The highest BCUT2D eigenvalue weighted by atomic mass is 16.5. The molecule has 0 radical (unpaired) electrons. The normalized spacial score (nSPS) is 10.7. The second-order valence-electron chi connectivity index (χ2n) is 4.87. The lowest BCUT2D eigenvalue weighted by Crippen LogP contribution is -2.08. The van der Waals surface area contributed by atoms with Gasteiger partial charge in [-0.2, -0.15) is 0 Å². The zero-order valence-corrected chi connectivity index (χ0v) is 11.9. The molecule has 0 aliphatic heterocycles. The van der Waals surface area contributed by atoms with Crippen molar-refractivity contribution in [2.75, 3.05) is 6.61 Å². The third-order valence-corrected chi connectivity index (χ3v) is 3.47. The van der Waals surface area contributed by atoms with Gasteiger partial charge in [-0.15, -0.1) is 0 Å². The molecule has 0 amide bonds. The molecule has 0 unspecified atom stereocenters. The number of aromatic nitrogens is 1. The van der Waals surface area contributed by atoms with E-state index in [-0.39, 0.29) is 12.4 Å². The molecule has 1 N–H and O–H groups in total. The minimum atomic E-state index is -0.207. The highest BCUT2D eigenvalue weighted by Crippen LogP contribution is 2.32. The van der Waals surface area contributed by atoms with E-state index in [1.807, 2.05) is 43.3 Å². The van der Waals surface area contributed by atoms with Gasteiger partial charge in [0.1, 0.15) is 0 Å². The van der Waals surface area contributed by atoms with Gasteiger partial charge < -0.3 is 9.72 Å². The number of H-pyrrole nitrogens is 1. The number of fused-ring (bicyclic) bond motifs is 1. The Morgan fingerprint density at radius 2 is 1.76 bits per heavy atom. The molecule has 3 aromatic rings. The summed E-state index contributed by atoms with van der Waals surface area (Å²) in [5.74, 6) is -0.207. The van der Waals surface area contributed by atoms with Crippen LogP contribution < -0.4 is 0 Å². The van der Waals surface area contributed by atoms with Crippen LogP contribution in [0.4, 0.5) is 0 Å². The van der Waals surface area contributed by atoms with E-state index in [4.69, 9.17) is 4.74 Å². The van der Waals surface area contributed by atoms with Crippen LogP contribution in [0.1, 0.15) is 12.6 Å². The Morgan fingerprint density at radius 1 is 1.05 bits per heavy atom. The molecule has 0 aliphatic carbocycles. The monoisotopic (exact) mass is 279 g/mol. The van der Waals surface area contributed by atoms with E-state index >= 15 is 0 Å². The van der Waals surface area contributed by atoms with Crippen LogP contribution >= 0.6 is 0 Å². The lowest BCUT2D eigenvalue weighted by atomic mass is 10.0. The van der Waals surface area contributed by atoms with Crippen molar-refractivity contribution in [1.82, 2.24) is 4.98 Å². The number of para-hydroxylation sites is 1. The minimum absolute atomic E-state index is 0.207. The van der Waals surface area contributed by atoms with Gasteiger partial charge in [0.15, 0.2) is 0 Å². The molecule has 1 heterocycles. The Balaban J connectivity index is 2.13. The molecule has 1 aromatic heterocycles. The first-order valence-electron chi connectivity index (χ1n) is 7.10. The highest BCUT2D eigenvalue weighted by Gasteiger charge is 2.16. The van der Waals surface area contributed by atoms with Crippen molar-refractivity contribution in [2.45, 2.75) is 13.3 Å². The van der Waals surface area contributed by atoms with Crippen LogP contribution in [-0.4, -0.2) is 17.6 Å². The predicted molar refractivity (Wildman–Crippen MR) is 84.1 cm³/mol. The van der Waals surface area contributed by atoms with Crippen LogP contribution in [0, 0.1) is 0 Å². The molecule has 0 aliphatic rings. The molecule has 0 saturated carbocycles. The molecule has 3 rings (SSSR count). The molecule has 106 valence electrons. The maximum atomic E-state index is 11.8. The number of benzene rings is 2. The second-order valence-corrected chi connectivity index (χ2v) is 4.87. The van der Waals surface area contributed by atoms with Crippen LogP contribution in [0.2, 0.25) is 0 Å². The number of hydrogen-bond acceptors (Lipinski definition) is 2. The molecule has 0 fully saturated rings. The number of carbonyl (C=O) groups is 1. The largest absolute Gasteiger partial charge is 0.466 e. The van der Waals surface area contributed by atoms with E-state index in [9.17, 15) is 4.79 Å². The van der Waals surface area contributed by atoms with E-state index in [1.54, 1.807) is 0 Å². The zero-order chi connectivity index (χ0) is 14.7. The summed E-state index contributed by atoms with van der Waals surface area (Å²) in [6.07, 6.45) is 0.257. The summed E-state index contributed by atoms with van der Waals surface area (Å²) in [5.41, 5.74) is 4.13. The quantitative estimate of drug-likeness (QED) is 0.735. The van der Waals surface area contributed by atoms with E-state index in [1.165, 1.54) is 0 Å². The Morgan fingerprint density at radius 3 is 2.52 bits per heavy atom. The van der Waals surface area contributed by atoms with Gasteiger partial charge in [0.05, 0.1) is 13.0 Å². The molecule has 0 saturated heterocycles. The molecule has 2 aromatic carbocycles. The van der Waals surface area contributed by atoms with Crippen LogP contribution in [0.25, 0.3) is 22.0 Å². The number of carbonyl (C=O) groups excluding carboxylic acids is 1. The van der Waals surface area contributed by atoms with Gasteiger partial charge >= 0.3 is 5.97 Å². The minimum Gasteiger partial charge on any atom is -0.466 e. The molecular weight excluding hydrogens is 262 g/mol. The first-order chi connectivity index (χ1) is 10.3. The maximum Gasteiger partial charge on any atom is 0.311 e. The van der Waals surface area contributed by atoms with Crippen molar-refractivity contribution in [1.29, 1.82) is 0 Å². The average Bonchev–Trinajstić information content (AvgIpc) is 2.86. The number of nitrogens with one attached hydrogen (secondary N) is 1. The fourth-order valence-electron chi connectivity index (χ4n) is 2.62. The van der Waals surface area contributed by atoms with Crippen molar-refractivity contribution >= 4 is 16.9 Å². The van der Waals surface area contributed by atoms with Crippen molar-refractivity contribution in [3.8, 4) is 11.1 Å².